The molecule has 0 bridgehead atoms. The lowest BCUT2D eigenvalue weighted by atomic mass is 9.99. The molecule has 0 saturated carbocycles. The van der Waals surface area contributed by atoms with E-state index in [9.17, 15) is 4.79 Å². The Balaban J connectivity index is 1.45. The number of carbonyl (C=O) groups excluding carboxylic acids is 1. The van der Waals surface area contributed by atoms with Gasteiger partial charge in [0.1, 0.15) is 5.56 Å². The summed E-state index contributed by atoms with van der Waals surface area (Å²) in [5, 5.41) is 9.87. The van der Waals surface area contributed by atoms with E-state index < -0.39 is 0 Å². The van der Waals surface area contributed by atoms with Crippen LogP contribution in [-0.4, -0.2) is 43.5 Å². The summed E-state index contributed by atoms with van der Waals surface area (Å²) in [7, 11) is 0. The Morgan fingerprint density at radius 2 is 2.19 bits per heavy atom. The quantitative estimate of drug-likeness (QED) is 0.764. The molecule has 8 heteroatoms. The monoisotopic (exact) mass is 370 g/mol. The lowest BCUT2D eigenvalue weighted by molar-refractivity contribution is 0.102. The molecule has 0 aromatic carbocycles. The molecule has 0 atom stereocenters. The van der Waals surface area contributed by atoms with Gasteiger partial charge >= 0.3 is 0 Å². The van der Waals surface area contributed by atoms with Crippen molar-refractivity contribution in [1.29, 1.82) is 0 Å². The van der Waals surface area contributed by atoms with E-state index in [-0.39, 0.29) is 5.91 Å². The van der Waals surface area contributed by atoms with E-state index in [2.05, 4.69) is 32.2 Å². The summed E-state index contributed by atoms with van der Waals surface area (Å²) < 4.78 is 1.62. The molecule has 4 heterocycles. The van der Waals surface area contributed by atoms with Gasteiger partial charge in [0.05, 0.1) is 11.4 Å². The number of hydrogen-bond donors (Lipinski definition) is 1. The lowest BCUT2D eigenvalue weighted by Crippen LogP contribution is -2.32. The number of anilines is 1. The maximum Gasteiger partial charge on any atom is 0.263 e. The molecule has 1 aliphatic heterocycles. The number of amides is 1. The van der Waals surface area contributed by atoms with E-state index in [1.165, 1.54) is 24.2 Å². The highest BCUT2D eigenvalue weighted by molar-refractivity contribution is 7.14. The fourth-order valence-electron chi connectivity index (χ4n) is 3.31. The topological polar surface area (TPSA) is 75.4 Å². The molecule has 7 nitrogen and oxygen atoms in total. The third kappa shape index (κ3) is 3.47. The number of carbonyl (C=O) groups is 1. The number of aryl methyl sites for hydroxylation is 1. The van der Waals surface area contributed by atoms with Gasteiger partial charge in [-0.05, 0) is 44.8 Å². The summed E-state index contributed by atoms with van der Waals surface area (Å²) >= 11 is 1.46. The Labute approximate surface area is 156 Å². The Morgan fingerprint density at radius 1 is 1.38 bits per heavy atom. The summed E-state index contributed by atoms with van der Waals surface area (Å²) in [4.78, 5) is 24.0. The van der Waals surface area contributed by atoms with Crippen LogP contribution < -0.4 is 5.32 Å². The second-order valence-electron chi connectivity index (χ2n) is 6.91. The van der Waals surface area contributed by atoms with Gasteiger partial charge in [-0.1, -0.05) is 6.92 Å². The van der Waals surface area contributed by atoms with E-state index in [4.69, 9.17) is 0 Å². The number of nitrogens with one attached hydrogen (secondary N) is 1. The molecule has 1 saturated heterocycles. The van der Waals surface area contributed by atoms with Crippen molar-refractivity contribution in [2.75, 3.05) is 18.4 Å². The molecule has 3 aromatic rings. The Morgan fingerprint density at radius 3 is 3.00 bits per heavy atom. The van der Waals surface area contributed by atoms with Crippen molar-refractivity contribution in [1.82, 2.24) is 24.5 Å². The maximum atomic E-state index is 12.7. The minimum absolute atomic E-state index is 0.219. The molecule has 4 rings (SSSR count). The number of thiazole rings is 1. The van der Waals surface area contributed by atoms with Crippen LogP contribution in [0.3, 0.4) is 0 Å². The predicted octanol–water partition coefficient (Wildman–Crippen LogP) is 2.98. The molecule has 0 unspecified atom stereocenters. The number of piperidine rings is 1. The molecule has 0 radical (unpaired) electrons. The van der Waals surface area contributed by atoms with Crippen molar-refractivity contribution >= 4 is 28.0 Å². The smallest absolute Gasteiger partial charge is 0.263 e. The van der Waals surface area contributed by atoms with Gasteiger partial charge in [-0.3, -0.25) is 15.0 Å². The van der Waals surface area contributed by atoms with Gasteiger partial charge in [0.15, 0.2) is 10.8 Å². The average molecular weight is 370 g/mol. The Bertz CT molecular complexity index is 925. The molecule has 3 aromatic heterocycles. The predicted molar refractivity (Wildman–Crippen MR) is 101 cm³/mol. The fourth-order valence-corrected chi connectivity index (χ4v) is 4.00. The van der Waals surface area contributed by atoms with E-state index in [1.54, 1.807) is 23.0 Å². The zero-order chi connectivity index (χ0) is 18.1. The molecular weight excluding hydrogens is 348 g/mol. The molecule has 1 fully saturated rings. The van der Waals surface area contributed by atoms with Crippen molar-refractivity contribution < 1.29 is 4.79 Å². The van der Waals surface area contributed by atoms with E-state index >= 15 is 0 Å². The summed E-state index contributed by atoms with van der Waals surface area (Å²) in [6.45, 7) is 7.21. The first kappa shape index (κ1) is 17.1. The SMILES string of the molecule is Cc1nn2cccnc2c1C(=O)Nc1nc(CN2CCC(C)CC2)cs1. The first-order valence-corrected chi connectivity index (χ1v) is 9.76. The maximum absolute atomic E-state index is 12.7. The molecule has 1 aliphatic rings. The molecule has 0 aliphatic carbocycles. The van der Waals surface area contributed by atoms with Crippen LogP contribution in [-0.2, 0) is 6.54 Å². The van der Waals surface area contributed by atoms with Gasteiger partial charge in [0.2, 0.25) is 0 Å². The van der Waals surface area contributed by atoms with Crippen LogP contribution in [0.25, 0.3) is 5.65 Å². The second-order valence-corrected chi connectivity index (χ2v) is 7.76. The Hall–Kier alpha value is -2.32. The van der Waals surface area contributed by atoms with Crippen LogP contribution in [0.15, 0.2) is 23.8 Å². The molecule has 136 valence electrons. The minimum Gasteiger partial charge on any atom is -0.298 e. The first-order valence-electron chi connectivity index (χ1n) is 8.88. The second kappa shape index (κ2) is 7.13. The summed E-state index contributed by atoms with van der Waals surface area (Å²) in [6, 6.07) is 1.79. The highest BCUT2D eigenvalue weighted by atomic mass is 32.1. The molecule has 26 heavy (non-hydrogen) atoms. The van der Waals surface area contributed by atoms with Crippen molar-refractivity contribution in [3.05, 3.63) is 40.8 Å². The minimum atomic E-state index is -0.219. The van der Waals surface area contributed by atoms with Gasteiger partial charge in [-0.25, -0.2) is 14.5 Å². The van der Waals surface area contributed by atoms with Gasteiger partial charge in [0, 0.05) is 24.3 Å². The van der Waals surface area contributed by atoms with Crippen LogP contribution in [0.4, 0.5) is 5.13 Å². The summed E-state index contributed by atoms with van der Waals surface area (Å²) in [5.74, 6) is 0.600. The van der Waals surface area contributed by atoms with Crippen molar-refractivity contribution in [3.8, 4) is 0 Å². The van der Waals surface area contributed by atoms with Crippen molar-refractivity contribution in [2.45, 2.75) is 33.2 Å². The molecular formula is C18H22N6OS. The average Bonchev–Trinajstić information content (AvgIpc) is 3.19. The lowest BCUT2D eigenvalue weighted by Gasteiger charge is -2.29. The van der Waals surface area contributed by atoms with Crippen LogP contribution in [0.1, 0.15) is 41.5 Å². The largest absolute Gasteiger partial charge is 0.298 e. The number of rotatable bonds is 4. The number of likely N-dealkylation sites (tertiary alicyclic amines) is 1. The van der Waals surface area contributed by atoms with Crippen LogP contribution in [0.2, 0.25) is 0 Å². The zero-order valence-electron chi connectivity index (χ0n) is 15.0. The van der Waals surface area contributed by atoms with E-state index in [0.29, 0.717) is 22.0 Å². The van der Waals surface area contributed by atoms with E-state index in [0.717, 1.165) is 31.2 Å². The normalized spacial score (nSPS) is 16.2. The fraction of sp³-hybridized carbons (Fsp3) is 0.444. The molecule has 1 N–H and O–H groups in total. The summed E-state index contributed by atoms with van der Waals surface area (Å²) in [6.07, 6.45) is 5.94. The zero-order valence-corrected chi connectivity index (χ0v) is 15.8. The third-order valence-electron chi connectivity index (χ3n) is 4.83. The number of hydrogen-bond acceptors (Lipinski definition) is 6. The molecule has 0 spiro atoms. The van der Waals surface area contributed by atoms with Gasteiger partial charge in [-0.2, -0.15) is 5.10 Å². The van der Waals surface area contributed by atoms with Gasteiger partial charge < -0.3 is 0 Å². The summed E-state index contributed by atoms with van der Waals surface area (Å²) in [5.41, 5.74) is 2.71. The first-order chi connectivity index (χ1) is 12.6. The Kier molecular flexibility index (Phi) is 4.69. The van der Waals surface area contributed by atoms with Crippen LogP contribution in [0, 0.1) is 12.8 Å². The number of nitrogens with zero attached hydrogens (tertiary/aromatic N) is 5. The highest BCUT2D eigenvalue weighted by Gasteiger charge is 2.20. The number of aromatic nitrogens is 4. The van der Waals surface area contributed by atoms with Crippen LogP contribution >= 0.6 is 11.3 Å². The number of fused-ring (bicyclic) bond motifs is 1. The standard InChI is InChI=1S/C18H22N6OS/c1-12-4-8-23(9-5-12)10-14-11-26-18(20-14)21-17(25)15-13(2)22-24-7-3-6-19-16(15)24/h3,6-7,11-12H,4-5,8-10H2,1-2H3,(H,20,21,25). The van der Waals surface area contributed by atoms with Crippen LogP contribution in [0.5, 0.6) is 0 Å². The van der Waals surface area contributed by atoms with Gasteiger partial charge in [0.25, 0.3) is 5.91 Å². The highest BCUT2D eigenvalue weighted by Crippen LogP contribution is 2.22. The third-order valence-corrected chi connectivity index (χ3v) is 5.64. The van der Waals surface area contributed by atoms with Gasteiger partial charge in [-0.15, -0.1) is 11.3 Å². The van der Waals surface area contributed by atoms with Crippen molar-refractivity contribution in [3.63, 3.8) is 0 Å². The molecule has 1 amide bonds. The van der Waals surface area contributed by atoms with E-state index in [1.807, 2.05) is 12.3 Å². The van der Waals surface area contributed by atoms with Crippen molar-refractivity contribution in [2.24, 2.45) is 5.92 Å².